The molecule has 1 heterocycles. The van der Waals surface area contributed by atoms with Crippen molar-refractivity contribution < 1.29 is 14.3 Å². The molecule has 1 fully saturated rings. The fraction of sp³-hybridized carbons (Fsp3) is 0.769. The Hall–Kier alpha value is -1.01. The molecule has 0 aromatic carbocycles. The highest BCUT2D eigenvalue weighted by Gasteiger charge is 2.26. The van der Waals surface area contributed by atoms with E-state index in [0.717, 1.165) is 32.1 Å². The number of esters is 1. The van der Waals surface area contributed by atoms with Crippen molar-refractivity contribution in [3.8, 4) is 11.8 Å². The third kappa shape index (κ3) is 4.67. The Kier molecular flexibility index (Phi) is 5.95. The van der Waals surface area contributed by atoms with E-state index in [1.165, 1.54) is 6.92 Å². The van der Waals surface area contributed by atoms with Crippen LogP contribution in [0, 0.1) is 11.8 Å². The van der Waals surface area contributed by atoms with Crippen LogP contribution in [0.15, 0.2) is 0 Å². The van der Waals surface area contributed by atoms with Crippen LogP contribution in [0.1, 0.15) is 46.0 Å². The maximum atomic E-state index is 10.9. The van der Waals surface area contributed by atoms with Crippen LogP contribution in [0.4, 0.5) is 0 Å². The van der Waals surface area contributed by atoms with E-state index in [2.05, 4.69) is 18.8 Å². The summed E-state index contributed by atoms with van der Waals surface area (Å²) in [7, 11) is 0. The summed E-state index contributed by atoms with van der Waals surface area (Å²) in [5.41, 5.74) is 0. The molecule has 3 nitrogen and oxygen atoms in total. The number of rotatable bonds is 3. The monoisotopic (exact) mass is 224 g/mol. The van der Waals surface area contributed by atoms with Gasteiger partial charge in [-0.25, -0.2) is 0 Å². The Morgan fingerprint density at radius 3 is 3.06 bits per heavy atom. The van der Waals surface area contributed by atoms with Gasteiger partial charge in [-0.3, -0.25) is 4.79 Å². The summed E-state index contributed by atoms with van der Waals surface area (Å²) in [5.74, 6) is 5.90. The summed E-state index contributed by atoms with van der Waals surface area (Å²) in [4.78, 5) is 10.9. The number of ether oxygens (including phenoxy) is 2. The molecule has 0 saturated carbocycles. The van der Waals surface area contributed by atoms with Gasteiger partial charge in [-0.2, -0.15) is 0 Å². The van der Waals surface area contributed by atoms with E-state index >= 15 is 0 Å². The molecule has 1 rings (SSSR count). The van der Waals surface area contributed by atoms with E-state index in [1.807, 2.05) is 0 Å². The smallest absolute Gasteiger partial charge is 0.303 e. The molecule has 0 N–H and O–H groups in total. The highest BCUT2D eigenvalue weighted by molar-refractivity contribution is 5.66. The summed E-state index contributed by atoms with van der Waals surface area (Å²) >= 11 is 0. The van der Waals surface area contributed by atoms with E-state index in [0.29, 0.717) is 6.61 Å². The van der Waals surface area contributed by atoms with Crippen LogP contribution in [0.3, 0.4) is 0 Å². The number of hydrogen-bond donors (Lipinski definition) is 0. The van der Waals surface area contributed by atoms with Crippen molar-refractivity contribution in [2.75, 3.05) is 6.61 Å². The first-order valence-electron chi connectivity index (χ1n) is 6.01. The summed E-state index contributed by atoms with van der Waals surface area (Å²) in [6, 6.07) is 0. The van der Waals surface area contributed by atoms with Crippen molar-refractivity contribution in [2.24, 2.45) is 0 Å². The fourth-order valence-electron chi connectivity index (χ4n) is 1.66. The Bertz CT molecular complexity index is 275. The van der Waals surface area contributed by atoms with Crippen LogP contribution in [0.5, 0.6) is 0 Å². The zero-order valence-corrected chi connectivity index (χ0v) is 10.1. The second-order valence-electron chi connectivity index (χ2n) is 4.01. The number of unbranched alkanes of at least 4 members (excludes halogenated alkanes) is 2. The molecule has 0 radical (unpaired) electrons. The maximum Gasteiger partial charge on any atom is 0.303 e. The molecule has 0 aliphatic carbocycles. The van der Waals surface area contributed by atoms with E-state index in [1.54, 1.807) is 0 Å². The van der Waals surface area contributed by atoms with E-state index < -0.39 is 0 Å². The normalized spacial score (nSPS) is 24.4. The van der Waals surface area contributed by atoms with Gasteiger partial charge in [0.1, 0.15) is 6.10 Å². The third-order valence-corrected chi connectivity index (χ3v) is 2.49. The lowest BCUT2D eigenvalue weighted by molar-refractivity contribution is -0.156. The van der Waals surface area contributed by atoms with Gasteiger partial charge in [-0.05, 0) is 19.3 Å². The quantitative estimate of drug-likeness (QED) is 0.419. The average molecular weight is 224 g/mol. The van der Waals surface area contributed by atoms with Crippen LogP contribution >= 0.6 is 0 Å². The van der Waals surface area contributed by atoms with Gasteiger partial charge in [0, 0.05) is 20.0 Å². The first kappa shape index (κ1) is 13.1. The number of carbonyl (C=O) groups excluding carboxylic acids is 1. The molecule has 1 saturated heterocycles. The minimum atomic E-state index is -0.254. The van der Waals surface area contributed by atoms with Crippen molar-refractivity contribution in [1.82, 2.24) is 0 Å². The van der Waals surface area contributed by atoms with Gasteiger partial charge in [-0.15, -0.1) is 5.92 Å². The molecule has 1 aliphatic rings. The molecular weight excluding hydrogens is 204 g/mol. The predicted molar refractivity (Wildman–Crippen MR) is 61.8 cm³/mol. The van der Waals surface area contributed by atoms with E-state index in [-0.39, 0.29) is 18.2 Å². The fourth-order valence-corrected chi connectivity index (χ4v) is 1.66. The standard InChI is InChI=1S/C13H20O3/c1-3-4-5-6-8-12-13(16-11(2)14)9-7-10-15-12/h12-13H,3-5,7,9-10H2,1-2H3/t12-,13-/m1/s1. The molecule has 0 aromatic heterocycles. The second kappa shape index (κ2) is 7.29. The summed E-state index contributed by atoms with van der Waals surface area (Å²) in [6.07, 6.45) is 4.53. The van der Waals surface area contributed by atoms with Gasteiger partial charge in [0.2, 0.25) is 0 Å². The predicted octanol–water partition coefficient (Wildman–Crippen LogP) is 2.29. The Labute approximate surface area is 97.5 Å². The molecule has 0 spiro atoms. The minimum Gasteiger partial charge on any atom is -0.459 e. The van der Waals surface area contributed by atoms with Gasteiger partial charge in [0.05, 0.1) is 0 Å². The molecule has 0 bridgehead atoms. The van der Waals surface area contributed by atoms with Gasteiger partial charge in [0.15, 0.2) is 6.10 Å². The molecule has 90 valence electrons. The largest absolute Gasteiger partial charge is 0.459 e. The number of hydrogen-bond acceptors (Lipinski definition) is 3. The lowest BCUT2D eigenvalue weighted by Gasteiger charge is -2.27. The van der Waals surface area contributed by atoms with Gasteiger partial charge < -0.3 is 9.47 Å². The minimum absolute atomic E-state index is 0.180. The number of carbonyl (C=O) groups is 1. The van der Waals surface area contributed by atoms with Crippen LogP contribution < -0.4 is 0 Å². The zero-order valence-electron chi connectivity index (χ0n) is 10.1. The third-order valence-electron chi connectivity index (χ3n) is 2.49. The van der Waals surface area contributed by atoms with Crippen molar-refractivity contribution in [1.29, 1.82) is 0 Å². The Morgan fingerprint density at radius 1 is 1.56 bits per heavy atom. The van der Waals surface area contributed by atoms with Crippen LogP contribution in [-0.4, -0.2) is 24.8 Å². The van der Waals surface area contributed by atoms with Crippen LogP contribution in [0.2, 0.25) is 0 Å². The van der Waals surface area contributed by atoms with Crippen molar-refractivity contribution >= 4 is 5.97 Å². The van der Waals surface area contributed by atoms with Gasteiger partial charge in [-0.1, -0.05) is 19.3 Å². The molecule has 0 amide bonds. The lowest BCUT2D eigenvalue weighted by Crippen LogP contribution is -2.36. The van der Waals surface area contributed by atoms with Crippen molar-refractivity contribution in [3.63, 3.8) is 0 Å². The van der Waals surface area contributed by atoms with Crippen molar-refractivity contribution in [3.05, 3.63) is 0 Å². The van der Waals surface area contributed by atoms with Gasteiger partial charge in [0.25, 0.3) is 0 Å². The van der Waals surface area contributed by atoms with Crippen LogP contribution in [-0.2, 0) is 14.3 Å². The summed E-state index contributed by atoms with van der Waals surface area (Å²) in [6.45, 7) is 4.28. The summed E-state index contributed by atoms with van der Waals surface area (Å²) < 4.78 is 10.7. The molecular formula is C13H20O3. The first-order valence-corrected chi connectivity index (χ1v) is 6.01. The molecule has 1 aliphatic heterocycles. The van der Waals surface area contributed by atoms with Gasteiger partial charge >= 0.3 is 5.97 Å². The molecule has 2 atom stereocenters. The topological polar surface area (TPSA) is 35.5 Å². The van der Waals surface area contributed by atoms with E-state index in [4.69, 9.17) is 9.47 Å². The second-order valence-corrected chi connectivity index (χ2v) is 4.01. The highest BCUT2D eigenvalue weighted by atomic mass is 16.6. The van der Waals surface area contributed by atoms with Crippen molar-refractivity contribution in [2.45, 2.75) is 58.2 Å². The maximum absolute atomic E-state index is 10.9. The Balaban J connectivity index is 2.45. The molecule has 16 heavy (non-hydrogen) atoms. The molecule has 0 unspecified atom stereocenters. The zero-order chi connectivity index (χ0) is 11.8. The lowest BCUT2D eigenvalue weighted by atomic mass is 10.1. The highest BCUT2D eigenvalue weighted by Crippen LogP contribution is 2.17. The molecule has 3 heteroatoms. The SMILES string of the molecule is CCCCC#C[C@H]1OCCC[C@H]1OC(C)=O. The first-order chi connectivity index (χ1) is 7.74. The summed E-state index contributed by atoms with van der Waals surface area (Å²) in [5, 5.41) is 0. The average Bonchev–Trinajstić information content (AvgIpc) is 2.26. The Morgan fingerprint density at radius 2 is 2.38 bits per heavy atom. The van der Waals surface area contributed by atoms with Crippen LogP contribution in [0.25, 0.3) is 0 Å². The molecule has 0 aromatic rings. The van der Waals surface area contributed by atoms with E-state index in [9.17, 15) is 4.79 Å².